The fourth-order valence-corrected chi connectivity index (χ4v) is 2.59. The maximum atomic E-state index is 12.9. The number of nitrogens with one attached hydrogen (secondary N) is 1. The van der Waals surface area contributed by atoms with Crippen LogP contribution in [0.5, 0.6) is 0 Å². The molecular formula is C17H11FN2O2. The predicted octanol–water partition coefficient (Wildman–Crippen LogP) is 3.08. The number of anilines is 1. The minimum Gasteiger partial charge on any atom is -0.321 e. The number of carbonyl (C=O) groups is 2. The largest absolute Gasteiger partial charge is 0.321 e. The Morgan fingerprint density at radius 1 is 1.14 bits per heavy atom. The number of rotatable bonds is 2. The molecule has 0 fully saturated rings. The molecule has 22 heavy (non-hydrogen) atoms. The molecule has 0 aromatic heterocycles. The fraction of sp³-hybridized carbons (Fsp3) is 0.118. The van der Waals surface area contributed by atoms with Gasteiger partial charge in [0.15, 0.2) is 5.78 Å². The van der Waals surface area contributed by atoms with E-state index in [0.717, 1.165) is 0 Å². The first-order chi connectivity index (χ1) is 10.6. The molecule has 0 radical (unpaired) electrons. The molecule has 5 heteroatoms. The number of Topliss-reactive ketones (excluding diaryl/α,β-unsaturated/α-hetero) is 1. The van der Waals surface area contributed by atoms with Gasteiger partial charge in [-0.2, -0.15) is 5.26 Å². The molecule has 0 bridgehead atoms. The van der Waals surface area contributed by atoms with Crippen LogP contribution in [0.2, 0.25) is 0 Å². The van der Waals surface area contributed by atoms with E-state index in [4.69, 9.17) is 5.26 Å². The average Bonchev–Trinajstić information content (AvgIpc) is 2.91. The molecule has 0 saturated carbocycles. The van der Waals surface area contributed by atoms with Crippen molar-refractivity contribution in [2.24, 2.45) is 0 Å². The van der Waals surface area contributed by atoms with E-state index >= 15 is 0 Å². The molecule has 1 amide bonds. The summed E-state index contributed by atoms with van der Waals surface area (Å²) in [6.45, 7) is 0. The van der Waals surface area contributed by atoms with Crippen molar-refractivity contribution in [2.45, 2.75) is 12.8 Å². The maximum Gasteiger partial charge on any atom is 0.255 e. The summed E-state index contributed by atoms with van der Waals surface area (Å²) >= 11 is 0. The van der Waals surface area contributed by atoms with Crippen LogP contribution in [0.15, 0.2) is 36.4 Å². The Kier molecular flexibility index (Phi) is 3.43. The molecular weight excluding hydrogens is 283 g/mol. The number of fused-ring (bicyclic) bond motifs is 1. The van der Waals surface area contributed by atoms with Crippen LogP contribution in [0.25, 0.3) is 0 Å². The van der Waals surface area contributed by atoms with Crippen molar-refractivity contribution in [3.63, 3.8) is 0 Å². The summed E-state index contributed by atoms with van der Waals surface area (Å²) in [5.74, 6) is -0.931. The summed E-state index contributed by atoms with van der Waals surface area (Å²) in [4.78, 5) is 24.2. The lowest BCUT2D eigenvalue weighted by molar-refractivity contribution is 0.0995. The van der Waals surface area contributed by atoms with Crippen LogP contribution in [-0.4, -0.2) is 11.7 Å². The minimum atomic E-state index is -0.425. The van der Waals surface area contributed by atoms with Gasteiger partial charge in [-0.3, -0.25) is 9.59 Å². The van der Waals surface area contributed by atoms with Crippen molar-refractivity contribution >= 4 is 17.4 Å². The van der Waals surface area contributed by atoms with Crippen molar-refractivity contribution < 1.29 is 14.0 Å². The van der Waals surface area contributed by atoms with Crippen molar-refractivity contribution in [3.8, 4) is 6.07 Å². The van der Waals surface area contributed by atoms with Crippen molar-refractivity contribution in [1.82, 2.24) is 0 Å². The Morgan fingerprint density at radius 2 is 1.86 bits per heavy atom. The number of hydrogen-bond acceptors (Lipinski definition) is 3. The topological polar surface area (TPSA) is 70.0 Å². The number of nitriles is 1. The molecule has 1 N–H and O–H groups in total. The zero-order valence-corrected chi connectivity index (χ0v) is 11.5. The molecule has 2 aromatic carbocycles. The second kappa shape index (κ2) is 5.41. The van der Waals surface area contributed by atoms with E-state index in [-0.39, 0.29) is 5.78 Å². The van der Waals surface area contributed by atoms with Gasteiger partial charge in [-0.05, 0) is 48.4 Å². The van der Waals surface area contributed by atoms with E-state index in [1.807, 2.05) is 0 Å². The van der Waals surface area contributed by atoms with Gasteiger partial charge in [-0.25, -0.2) is 4.39 Å². The summed E-state index contributed by atoms with van der Waals surface area (Å²) in [5, 5.41) is 11.7. The highest BCUT2D eigenvalue weighted by Crippen LogP contribution is 2.31. The first-order valence-electron chi connectivity index (χ1n) is 6.76. The minimum absolute atomic E-state index is 0.0819. The van der Waals surface area contributed by atoms with E-state index < -0.39 is 11.7 Å². The van der Waals surface area contributed by atoms with E-state index in [9.17, 15) is 14.0 Å². The number of halogens is 1. The Balaban J connectivity index is 1.95. The highest BCUT2D eigenvalue weighted by Gasteiger charge is 2.26. The number of benzene rings is 2. The lowest BCUT2D eigenvalue weighted by Gasteiger charge is -2.10. The van der Waals surface area contributed by atoms with Gasteiger partial charge in [0.25, 0.3) is 5.91 Å². The molecule has 0 heterocycles. The van der Waals surface area contributed by atoms with E-state index in [2.05, 4.69) is 11.4 Å². The summed E-state index contributed by atoms with van der Waals surface area (Å²) in [6, 6.07) is 10.4. The average molecular weight is 294 g/mol. The first kappa shape index (κ1) is 14.0. The van der Waals surface area contributed by atoms with Gasteiger partial charge in [0.05, 0.1) is 17.3 Å². The Hall–Kier alpha value is -3.00. The normalized spacial score (nSPS) is 12.6. The van der Waals surface area contributed by atoms with Gasteiger partial charge in [0.2, 0.25) is 0 Å². The van der Waals surface area contributed by atoms with E-state index in [1.165, 1.54) is 24.3 Å². The highest BCUT2D eigenvalue weighted by atomic mass is 19.1. The second-order valence-corrected chi connectivity index (χ2v) is 5.01. The zero-order valence-electron chi connectivity index (χ0n) is 11.5. The number of hydrogen-bond donors (Lipinski definition) is 1. The van der Waals surface area contributed by atoms with Crippen LogP contribution in [0.4, 0.5) is 10.1 Å². The summed E-state index contributed by atoms with van der Waals surface area (Å²) in [7, 11) is 0. The zero-order chi connectivity index (χ0) is 15.7. The second-order valence-electron chi connectivity index (χ2n) is 5.01. The van der Waals surface area contributed by atoms with Crippen LogP contribution >= 0.6 is 0 Å². The molecule has 0 atom stereocenters. The maximum absolute atomic E-state index is 12.9. The highest BCUT2D eigenvalue weighted by molar-refractivity contribution is 6.11. The van der Waals surface area contributed by atoms with Crippen LogP contribution in [0, 0.1) is 17.1 Å². The molecule has 0 saturated heterocycles. The monoisotopic (exact) mass is 294 g/mol. The van der Waals surface area contributed by atoms with E-state index in [1.54, 1.807) is 12.1 Å². The third kappa shape index (κ3) is 2.35. The predicted molar refractivity (Wildman–Crippen MR) is 78.2 cm³/mol. The summed E-state index contributed by atoms with van der Waals surface area (Å²) < 4.78 is 12.9. The molecule has 3 rings (SSSR count). The van der Waals surface area contributed by atoms with E-state index in [0.29, 0.717) is 40.8 Å². The standard InChI is InChI=1S/C17H11FN2O2/c18-12-4-1-10(2-5-12)17(22)20-14-7-3-11(9-19)13-6-8-15(21)16(13)14/h1-5,7H,6,8H2,(H,20,22). The van der Waals surface area contributed by atoms with Gasteiger partial charge >= 0.3 is 0 Å². The third-order valence-electron chi connectivity index (χ3n) is 3.67. The number of ketones is 1. The SMILES string of the molecule is N#Cc1ccc(NC(=O)c2ccc(F)cc2)c2c1CCC2=O. The van der Waals surface area contributed by atoms with Gasteiger partial charge in [-0.15, -0.1) is 0 Å². The molecule has 0 unspecified atom stereocenters. The van der Waals surface area contributed by atoms with Crippen molar-refractivity contribution in [2.75, 3.05) is 5.32 Å². The van der Waals surface area contributed by atoms with Gasteiger partial charge in [0.1, 0.15) is 5.82 Å². The lowest BCUT2D eigenvalue weighted by Crippen LogP contribution is -2.14. The molecule has 108 valence electrons. The lowest BCUT2D eigenvalue weighted by atomic mass is 10.0. The van der Waals surface area contributed by atoms with Gasteiger partial charge < -0.3 is 5.32 Å². The number of carbonyl (C=O) groups excluding carboxylic acids is 2. The smallest absolute Gasteiger partial charge is 0.255 e. The van der Waals surface area contributed by atoms with Gasteiger partial charge in [-0.1, -0.05) is 0 Å². The van der Waals surface area contributed by atoms with Crippen LogP contribution in [0.3, 0.4) is 0 Å². The fourth-order valence-electron chi connectivity index (χ4n) is 2.59. The van der Waals surface area contributed by atoms with Crippen LogP contribution in [0.1, 0.15) is 38.3 Å². The van der Waals surface area contributed by atoms with Gasteiger partial charge in [0, 0.05) is 17.5 Å². The van der Waals surface area contributed by atoms with Crippen LogP contribution in [-0.2, 0) is 6.42 Å². The Bertz CT molecular complexity index is 820. The quantitative estimate of drug-likeness (QED) is 0.925. The summed E-state index contributed by atoms with van der Waals surface area (Å²) in [6.07, 6.45) is 0.852. The first-order valence-corrected chi connectivity index (χ1v) is 6.76. The third-order valence-corrected chi connectivity index (χ3v) is 3.67. The Morgan fingerprint density at radius 3 is 2.55 bits per heavy atom. The molecule has 0 aliphatic heterocycles. The summed E-state index contributed by atoms with van der Waals surface area (Å²) in [5.41, 5.74) is 2.25. The van der Waals surface area contributed by atoms with Crippen molar-refractivity contribution in [1.29, 1.82) is 5.26 Å². The molecule has 4 nitrogen and oxygen atoms in total. The number of amides is 1. The molecule has 2 aromatic rings. The number of nitrogens with zero attached hydrogens (tertiary/aromatic N) is 1. The molecule has 1 aliphatic rings. The van der Waals surface area contributed by atoms with Crippen LogP contribution < -0.4 is 5.32 Å². The van der Waals surface area contributed by atoms with Crippen molar-refractivity contribution in [3.05, 3.63) is 64.5 Å². The molecule has 0 spiro atoms. The Labute approximate surface area is 126 Å². The molecule has 1 aliphatic carbocycles.